The number of amides is 1. The number of benzene rings is 1. The van der Waals surface area contributed by atoms with Crippen LogP contribution in [0.15, 0.2) is 29.2 Å². The lowest BCUT2D eigenvalue weighted by Gasteiger charge is -2.27. The first kappa shape index (κ1) is 20.2. The van der Waals surface area contributed by atoms with Gasteiger partial charge >= 0.3 is 0 Å². The highest BCUT2D eigenvalue weighted by Crippen LogP contribution is 2.28. The van der Waals surface area contributed by atoms with Gasteiger partial charge in [-0.25, -0.2) is 13.1 Å². The summed E-state index contributed by atoms with van der Waals surface area (Å²) < 4.78 is 27.0. The maximum atomic E-state index is 12.3. The summed E-state index contributed by atoms with van der Waals surface area (Å²) in [4.78, 5) is 12.5. The molecular formula is C17H26ClN3O3S. The van der Waals surface area contributed by atoms with Crippen LogP contribution in [-0.2, 0) is 14.8 Å². The number of halogens is 1. The molecule has 6 nitrogen and oxygen atoms in total. The van der Waals surface area contributed by atoms with Gasteiger partial charge in [-0.2, -0.15) is 0 Å². The van der Waals surface area contributed by atoms with E-state index in [9.17, 15) is 13.2 Å². The van der Waals surface area contributed by atoms with Gasteiger partial charge in [-0.05, 0) is 69.3 Å². The van der Waals surface area contributed by atoms with Crippen LogP contribution in [-0.4, -0.2) is 33.5 Å². The molecule has 1 saturated carbocycles. The lowest BCUT2D eigenvalue weighted by molar-refractivity contribution is -0.120. The van der Waals surface area contributed by atoms with Crippen molar-refractivity contribution in [2.45, 2.75) is 43.5 Å². The highest BCUT2D eigenvalue weighted by molar-refractivity contribution is 7.89. The molecule has 1 aromatic carbocycles. The van der Waals surface area contributed by atoms with Crippen LogP contribution in [0.2, 0.25) is 0 Å². The van der Waals surface area contributed by atoms with Gasteiger partial charge in [-0.1, -0.05) is 0 Å². The minimum atomic E-state index is -3.46. The summed E-state index contributed by atoms with van der Waals surface area (Å²) in [6, 6.07) is 6.72. The zero-order valence-corrected chi connectivity index (χ0v) is 16.0. The van der Waals surface area contributed by atoms with E-state index < -0.39 is 10.0 Å². The van der Waals surface area contributed by atoms with E-state index in [1.54, 1.807) is 12.1 Å². The molecule has 1 aliphatic carbocycles. The maximum Gasteiger partial charge on any atom is 0.240 e. The van der Waals surface area contributed by atoms with E-state index in [1.807, 2.05) is 0 Å². The summed E-state index contributed by atoms with van der Waals surface area (Å²) in [5.41, 5.74) is 0.632. The molecule has 2 aliphatic rings. The van der Waals surface area contributed by atoms with Crippen molar-refractivity contribution in [1.29, 1.82) is 0 Å². The predicted molar refractivity (Wildman–Crippen MR) is 100 cm³/mol. The molecule has 1 heterocycles. The second kappa shape index (κ2) is 8.49. The SMILES string of the molecule is C[C@H]1C[C@@H](C(=O)Nc2ccc(S(=O)(=O)NCC3CC3)cc2)CCN1.Cl. The monoisotopic (exact) mass is 387 g/mol. The second-order valence-corrected chi connectivity index (χ2v) is 8.65. The number of piperidine rings is 1. The van der Waals surface area contributed by atoms with Crippen molar-refractivity contribution in [1.82, 2.24) is 10.0 Å². The van der Waals surface area contributed by atoms with Crippen LogP contribution >= 0.6 is 12.4 Å². The minimum Gasteiger partial charge on any atom is -0.326 e. The molecule has 0 aromatic heterocycles. The summed E-state index contributed by atoms with van der Waals surface area (Å²) in [6.45, 7) is 3.44. The van der Waals surface area contributed by atoms with Gasteiger partial charge in [0.2, 0.25) is 15.9 Å². The maximum absolute atomic E-state index is 12.3. The Morgan fingerprint density at radius 3 is 2.48 bits per heavy atom. The van der Waals surface area contributed by atoms with Gasteiger partial charge in [0.05, 0.1) is 4.90 Å². The number of carbonyl (C=O) groups excluding carboxylic acids is 1. The topological polar surface area (TPSA) is 87.3 Å². The molecule has 1 amide bonds. The van der Waals surface area contributed by atoms with Crippen LogP contribution in [0, 0.1) is 11.8 Å². The number of rotatable bonds is 6. The average Bonchev–Trinajstić information content (AvgIpc) is 3.38. The van der Waals surface area contributed by atoms with E-state index >= 15 is 0 Å². The molecule has 0 unspecified atom stereocenters. The standard InChI is InChI=1S/C17H25N3O3S.ClH/c1-12-10-14(8-9-18-12)17(21)20-15-4-6-16(7-5-15)24(22,23)19-11-13-2-3-13;/h4-7,12-14,18-19H,2-3,8-11H2,1H3,(H,20,21);1H/t12-,14-;/m0./s1. The lowest BCUT2D eigenvalue weighted by Crippen LogP contribution is -2.40. The number of anilines is 1. The highest BCUT2D eigenvalue weighted by atomic mass is 35.5. The predicted octanol–water partition coefficient (Wildman–Crippen LogP) is 2.12. The molecular weight excluding hydrogens is 362 g/mol. The summed E-state index contributed by atoms with van der Waals surface area (Å²) in [6.07, 6.45) is 3.85. The van der Waals surface area contributed by atoms with E-state index in [1.165, 1.54) is 12.1 Å². The smallest absolute Gasteiger partial charge is 0.240 e. The molecule has 2 fully saturated rings. The van der Waals surface area contributed by atoms with Crippen LogP contribution < -0.4 is 15.4 Å². The fraction of sp³-hybridized carbons (Fsp3) is 0.588. The molecule has 140 valence electrons. The van der Waals surface area contributed by atoms with Crippen molar-refractivity contribution >= 4 is 34.0 Å². The van der Waals surface area contributed by atoms with Crippen LogP contribution in [0.25, 0.3) is 0 Å². The normalized spacial score (nSPS) is 23.6. The molecule has 0 spiro atoms. The van der Waals surface area contributed by atoms with E-state index in [0.29, 0.717) is 24.2 Å². The molecule has 0 radical (unpaired) electrons. The summed E-state index contributed by atoms with van der Waals surface area (Å²) in [7, 11) is -3.46. The molecule has 0 bridgehead atoms. The fourth-order valence-electron chi connectivity index (χ4n) is 2.96. The average molecular weight is 388 g/mol. The Morgan fingerprint density at radius 1 is 1.20 bits per heavy atom. The zero-order valence-electron chi connectivity index (χ0n) is 14.3. The van der Waals surface area contributed by atoms with Gasteiger partial charge in [-0.15, -0.1) is 12.4 Å². The third kappa shape index (κ3) is 5.67. The Morgan fingerprint density at radius 2 is 1.88 bits per heavy atom. The fourth-order valence-corrected chi connectivity index (χ4v) is 4.08. The third-order valence-electron chi connectivity index (χ3n) is 4.69. The van der Waals surface area contributed by atoms with E-state index in [2.05, 4.69) is 22.3 Å². The van der Waals surface area contributed by atoms with Crippen molar-refractivity contribution in [3.05, 3.63) is 24.3 Å². The van der Waals surface area contributed by atoms with Crippen LogP contribution in [0.3, 0.4) is 0 Å². The Hall–Kier alpha value is -1.15. The van der Waals surface area contributed by atoms with Gasteiger partial charge in [0.25, 0.3) is 0 Å². The van der Waals surface area contributed by atoms with E-state index in [0.717, 1.165) is 32.2 Å². The van der Waals surface area contributed by atoms with Crippen LogP contribution in [0.1, 0.15) is 32.6 Å². The van der Waals surface area contributed by atoms with Crippen molar-refractivity contribution in [3.8, 4) is 0 Å². The molecule has 1 aliphatic heterocycles. The molecule has 1 saturated heterocycles. The van der Waals surface area contributed by atoms with Crippen molar-refractivity contribution < 1.29 is 13.2 Å². The van der Waals surface area contributed by atoms with E-state index in [-0.39, 0.29) is 29.1 Å². The second-order valence-electron chi connectivity index (χ2n) is 6.89. The van der Waals surface area contributed by atoms with Gasteiger partial charge < -0.3 is 10.6 Å². The van der Waals surface area contributed by atoms with Crippen LogP contribution in [0.5, 0.6) is 0 Å². The first-order valence-electron chi connectivity index (χ1n) is 8.58. The van der Waals surface area contributed by atoms with Gasteiger partial charge in [-0.3, -0.25) is 4.79 Å². The quantitative estimate of drug-likeness (QED) is 0.697. The van der Waals surface area contributed by atoms with Crippen LogP contribution in [0.4, 0.5) is 5.69 Å². The first-order chi connectivity index (χ1) is 11.4. The molecule has 8 heteroatoms. The van der Waals surface area contributed by atoms with Gasteiger partial charge in [0, 0.05) is 24.2 Å². The summed E-state index contributed by atoms with van der Waals surface area (Å²) >= 11 is 0. The number of nitrogens with one attached hydrogen (secondary N) is 3. The van der Waals surface area contributed by atoms with Crippen molar-refractivity contribution in [3.63, 3.8) is 0 Å². The summed E-state index contributed by atoms with van der Waals surface area (Å²) in [5, 5.41) is 6.21. The zero-order chi connectivity index (χ0) is 17.2. The first-order valence-corrected chi connectivity index (χ1v) is 10.1. The highest BCUT2D eigenvalue weighted by Gasteiger charge is 2.26. The van der Waals surface area contributed by atoms with E-state index in [4.69, 9.17) is 0 Å². The van der Waals surface area contributed by atoms with Gasteiger partial charge in [0.1, 0.15) is 0 Å². The van der Waals surface area contributed by atoms with Crippen molar-refractivity contribution in [2.24, 2.45) is 11.8 Å². The molecule has 25 heavy (non-hydrogen) atoms. The number of sulfonamides is 1. The number of hydrogen-bond donors (Lipinski definition) is 3. The Labute approximate surface area is 155 Å². The Kier molecular flexibility index (Phi) is 6.85. The number of hydrogen-bond acceptors (Lipinski definition) is 4. The lowest BCUT2D eigenvalue weighted by atomic mass is 9.92. The third-order valence-corrected chi connectivity index (χ3v) is 6.13. The Bertz CT molecular complexity index is 690. The minimum absolute atomic E-state index is 0. The van der Waals surface area contributed by atoms with Crippen molar-refractivity contribution in [2.75, 3.05) is 18.4 Å². The Balaban J connectivity index is 0.00000225. The molecule has 1 aromatic rings. The largest absolute Gasteiger partial charge is 0.326 e. The molecule has 3 rings (SSSR count). The summed E-state index contributed by atoms with van der Waals surface area (Å²) in [5.74, 6) is 0.501. The molecule has 2 atom stereocenters. The number of carbonyl (C=O) groups is 1. The molecule has 3 N–H and O–H groups in total. The van der Waals surface area contributed by atoms with Gasteiger partial charge in [0.15, 0.2) is 0 Å².